The predicted molar refractivity (Wildman–Crippen MR) is 102 cm³/mol. The monoisotopic (exact) mass is 434 g/mol. The summed E-state index contributed by atoms with van der Waals surface area (Å²) >= 11 is 29.8. The third-order valence-corrected chi connectivity index (χ3v) is 4.49. The molecule has 0 fully saturated rings. The predicted octanol–water partition coefficient (Wildman–Crippen LogP) is 5.74. The summed E-state index contributed by atoms with van der Waals surface area (Å²) in [5, 5.41) is 3.80. The molecule has 1 heterocycles. The lowest BCUT2D eigenvalue weighted by Crippen LogP contribution is -2.32. The minimum absolute atomic E-state index is 0.0962. The summed E-state index contributed by atoms with van der Waals surface area (Å²) in [5.74, 6) is -1.34. The molecule has 9 heteroatoms. The van der Waals surface area contributed by atoms with Gasteiger partial charge in [0, 0.05) is 25.8 Å². The summed E-state index contributed by atoms with van der Waals surface area (Å²) in [4.78, 5) is 26.0. The summed E-state index contributed by atoms with van der Waals surface area (Å²) in [7, 11) is 0. The van der Waals surface area contributed by atoms with Crippen LogP contribution in [0.3, 0.4) is 0 Å². The zero-order chi connectivity index (χ0) is 18.3. The van der Waals surface area contributed by atoms with Crippen LogP contribution in [-0.4, -0.2) is 11.8 Å². The maximum atomic E-state index is 12.7. The maximum Gasteiger partial charge on any atom is 0.283 e. The minimum Gasteiger partial charge on any atom is -0.350 e. The number of hydrogen-bond donors (Lipinski definition) is 1. The molecule has 25 heavy (non-hydrogen) atoms. The van der Waals surface area contributed by atoms with Crippen LogP contribution in [0.25, 0.3) is 0 Å². The summed E-state index contributed by atoms with van der Waals surface area (Å²) in [6.45, 7) is 0. The van der Waals surface area contributed by atoms with Gasteiger partial charge in [-0.05, 0) is 36.4 Å². The molecule has 0 atom stereocenters. The van der Waals surface area contributed by atoms with Gasteiger partial charge in [-0.25, -0.2) is 4.90 Å². The number of amides is 2. The van der Waals surface area contributed by atoms with Crippen LogP contribution in [0.5, 0.6) is 0 Å². The number of nitrogens with zero attached hydrogens (tertiary/aromatic N) is 1. The third-order valence-electron chi connectivity index (χ3n) is 3.26. The van der Waals surface area contributed by atoms with E-state index >= 15 is 0 Å². The van der Waals surface area contributed by atoms with Gasteiger partial charge in [-0.2, -0.15) is 0 Å². The second kappa shape index (κ2) is 7.06. The molecule has 4 nitrogen and oxygen atoms in total. The van der Waals surface area contributed by atoms with Crippen molar-refractivity contribution >= 4 is 81.2 Å². The van der Waals surface area contributed by atoms with Crippen LogP contribution in [0, 0.1) is 0 Å². The Bertz CT molecular complexity index is 902. The molecule has 2 amide bonds. The number of imide groups is 1. The molecule has 0 spiro atoms. The molecule has 1 aliphatic rings. The Hall–Kier alpha value is -1.43. The minimum atomic E-state index is -0.694. The van der Waals surface area contributed by atoms with E-state index in [0.29, 0.717) is 15.7 Å². The van der Waals surface area contributed by atoms with E-state index < -0.39 is 11.8 Å². The van der Waals surface area contributed by atoms with Crippen molar-refractivity contribution in [2.75, 3.05) is 10.2 Å². The van der Waals surface area contributed by atoms with Gasteiger partial charge in [0.1, 0.15) is 10.7 Å². The number of halogens is 5. The van der Waals surface area contributed by atoms with Gasteiger partial charge >= 0.3 is 0 Å². The zero-order valence-corrected chi connectivity index (χ0v) is 15.9. The molecule has 1 aliphatic heterocycles. The number of carbonyl (C=O) groups is 2. The topological polar surface area (TPSA) is 49.4 Å². The molecule has 0 saturated carbocycles. The lowest BCUT2D eigenvalue weighted by molar-refractivity contribution is -0.120. The first-order valence-electron chi connectivity index (χ1n) is 6.74. The van der Waals surface area contributed by atoms with Gasteiger partial charge in [-0.1, -0.05) is 58.0 Å². The van der Waals surface area contributed by atoms with Gasteiger partial charge in [0.2, 0.25) is 0 Å². The number of carbonyl (C=O) groups excluding carboxylic acids is 2. The SMILES string of the molecule is O=C1C(Cl)=C(Nc2cc(Cl)cc(Cl)c2)C(=O)N1c1cc(Cl)cc(Cl)c1. The molecular weight excluding hydrogens is 429 g/mol. The Morgan fingerprint density at radius 2 is 1.16 bits per heavy atom. The first kappa shape index (κ1) is 18.4. The second-order valence-corrected chi connectivity index (χ2v) is 7.17. The van der Waals surface area contributed by atoms with E-state index in [4.69, 9.17) is 58.0 Å². The van der Waals surface area contributed by atoms with E-state index in [0.717, 1.165) is 4.90 Å². The number of anilines is 2. The Morgan fingerprint density at radius 3 is 1.68 bits per heavy atom. The maximum absolute atomic E-state index is 12.7. The Kier molecular flexibility index (Phi) is 5.19. The molecular formula is C16H7Cl5N2O2. The van der Waals surface area contributed by atoms with Crippen LogP contribution >= 0.6 is 58.0 Å². The molecule has 3 rings (SSSR count). The van der Waals surface area contributed by atoms with E-state index in [9.17, 15) is 9.59 Å². The fourth-order valence-electron chi connectivity index (χ4n) is 2.28. The molecule has 1 N–H and O–H groups in total. The van der Waals surface area contributed by atoms with Crippen LogP contribution < -0.4 is 10.2 Å². The summed E-state index contributed by atoms with van der Waals surface area (Å²) in [6.07, 6.45) is 0. The molecule has 2 aromatic rings. The van der Waals surface area contributed by atoms with Crippen molar-refractivity contribution < 1.29 is 9.59 Å². The molecule has 0 bridgehead atoms. The van der Waals surface area contributed by atoms with Crippen LogP contribution in [0.4, 0.5) is 11.4 Å². The molecule has 2 aromatic carbocycles. The van der Waals surface area contributed by atoms with E-state index in [1.165, 1.54) is 24.3 Å². The number of nitrogens with one attached hydrogen (secondary N) is 1. The molecule has 0 unspecified atom stereocenters. The van der Waals surface area contributed by atoms with Gasteiger partial charge < -0.3 is 5.32 Å². The van der Waals surface area contributed by atoms with Gasteiger partial charge in [0.25, 0.3) is 11.8 Å². The van der Waals surface area contributed by atoms with Crippen molar-refractivity contribution in [1.82, 2.24) is 0 Å². The average molecular weight is 437 g/mol. The van der Waals surface area contributed by atoms with Gasteiger partial charge in [-0.15, -0.1) is 0 Å². The van der Waals surface area contributed by atoms with Crippen molar-refractivity contribution in [1.29, 1.82) is 0 Å². The quantitative estimate of drug-likeness (QED) is 0.625. The molecule has 0 radical (unpaired) electrons. The van der Waals surface area contributed by atoms with Gasteiger partial charge in [-0.3, -0.25) is 9.59 Å². The Morgan fingerprint density at radius 1 is 0.680 bits per heavy atom. The van der Waals surface area contributed by atoms with Crippen molar-refractivity contribution in [3.8, 4) is 0 Å². The van der Waals surface area contributed by atoms with Crippen LogP contribution in [0.2, 0.25) is 20.1 Å². The van der Waals surface area contributed by atoms with Crippen molar-refractivity contribution in [3.63, 3.8) is 0 Å². The first-order chi connectivity index (χ1) is 11.8. The molecule has 0 saturated heterocycles. The van der Waals surface area contributed by atoms with Crippen LogP contribution in [-0.2, 0) is 9.59 Å². The second-order valence-electron chi connectivity index (χ2n) is 5.05. The van der Waals surface area contributed by atoms with Crippen molar-refractivity contribution in [3.05, 3.63) is 67.2 Å². The van der Waals surface area contributed by atoms with Gasteiger partial charge in [0.05, 0.1) is 5.69 Å². The summed E-state index contributed by atoms with van der Waals surface area (Å²) in [6, 6.07) is 8.98. The van der Waals surface area contributed by atoms with E-state index in [-0.39, 0.29) is 26.5 Å². The highest BCUT2D eigenvalue weighted by Gasteiger charge is 2.39. The van der Waals surface area contributed by atoms with Crippen LogP contribution in [0.15, 0.2) is 47.1 Å². The fraction of sp³-hybridized carbons (Fsp3) is 0. The molecule has 0 aromatic heterocycles. The normalized spacial score (nSPS) is 14.5. The summed E-state index contributed by atoms with van der Waals surface area (Å²) < 4.78 is 0. The van der Waals surface area contributed by atoms with E-state index in [2.05, 4.69) is 5.32 Å². The van der Waals surface area contributed by atoms with Crippen molar-refractivity contribution in [2.24, 2.45) is 0 Å². The summed E-state index contributed by atoms with van der Waals surface area (Å²) in [5.41, 5.74) is 0.533. The van der Waals surface area contributed by atoms with Crippen LogP contribution in [0.1, 0.15) is 0 Å². The third kappa shape index (κ3) is 3.73. The first-order valence-corrected chi connectivity index (χ1v) is 8.63. The molecule has 128 valence electrons. The lowest BCUT2D eigenvalue weighted by Gasteiger charge is -2.16. The largest absolute Gasteiger partial charge is 0.350 e. The zero-order valence-electron chi connectivity index (χ0n) is 12.1. The highest BCUT2D eigenvalue weighted by molar-refractivity contribution is 6.53. The fourth-order valence-corrected chi connectivity index (χ4v) is 3.54. The average Bonchev–Trinajstić information content (AvgIpc) is 2.69. The van der Waals surface area contributed by atoms with Gasteiger partial charge in [0.15, 0.2) is 0 Å². The standard InChI is InChI=1S/C16H7Cl5N2O2/c17-7-1-8(18)4-11(3-7)22-14-13(21)15(24)23(16(14)25)12-5-9(19)2-10(20)6-12/h1-6,22H. The number of hydrogen-bond acceptors (Lipinski definition) is 3. The highest BCUT2D eigenvalue weighted by Crippen LogP contribution is 2.34. The number of benzene rings is 2. The Labute approximate surface area is 167 Å². The lowest BCUT2D eigenvalue weighted by atomic mass is 10.3. The molecule has 0 aliphatic carbocycles. The van der Waals surface area contributed by atoms with E-state index in [1.807, 2.05) is 0 Å². The van der Waals surface area contributed by atoms with Crippen molar-refractivity contribution in [2.45, 2.75) is 0 Å². The highest BCUT2D eigenvalue weighted by atomic mass is 35.5. The number of rotatable bonds is 3. The Balaban J connectivity index is 1.96. The van der Waals surface area contributed by atoms with E-state index in [1.54, 1.807) is 12.1 Å². The smallest absolute Gasteiger partial charge is 0.283 e.